The molecule has 0 aliphatic rings. The topological polar surface area (TPSA) is 64.3 Å². The van der Waals surface area contributed by atoms with Gasteiger partial charge in [-0.15, -0.1) is 11.8 Å². The summed E-state index contributed by atoms with van der Waals surface area (Å²) in [5, 5.41) is 3.25. The van der Waals surface area contributed by atoms with Crippen molar-refractivity contribution in [1.29, 1.82) is 0 Å². The molecule has 2 aromatic rings. The second-order valence-corrected chi connectivity index (χ2v) is 5.71. The van der Waals surface area contributed by atoms with E-state index in [1.165, 1.54) is 11.8 Å². The lowest BCUT2D eigenvalue weighted by Crippen LogP contribution is -2.14. The first-order chi connectivity index (χ1) is 10.1. The van der Waals surface area contributed by atoms with Crippen LogP contribution < -0.4 is 15.8 Å². The summed E-state index contributed by atoms with van der Waals surface area (Å²) in [6.45, 7) is 0. The third-order valence-corrected chi connectivity index (χ3v) is 4.03. The standard InChI is InChI=1S/C15H15ClN2O2S/c1-20-11-3-2-4-12(8-11)21-9-15(19)18-10-5-6-13(16)14(17)7-10/h2-8H,9,17H2,1H3,(H,18,19). The average Bonchev–Trinajstić information content (AvgIpc) is 2.49. The van der Waals surface area contributed by atoms with Gasteiger partial charge in [-0.2, -0.15) is 0 Å². The molecule has 0 atom stereocenters. The van der Waals surface area contributed by atoms with Crippen molar-refractivity contribution in [3.8, 4) is 5.75 Å². The second-order valence-electron chi connectivity index (χ2n) is 4.25. The number of nitrogens with one attached hydrogen (secondary N) is 1. The monoisotopic (exact) mass is 322 g/mol. The smallest absolute Gasteiger partial charge is 0.234 e. The summed E-state index contributed by atoms with van der Waals surface area (Å²) in [6.07, 6.45) is 0. The van der Waals surface area contributed by atoms with Crippen molar-refractivity contribution in [3.05, 3.63) is 47.5 Å². The van der Waals surface area contributed by atoms with Crippen LogP contribution in [0.4, 0.5) is 11.4 Å². The summed E-state index contributed by atoms with van der Waals surface area (Å²) in [7, 11) is 1.61. The number of methoxy groups -OCH3 is 1. The molecule has 0 radical (unpaired) electrons. The minimum absolute atomic E-state index is 0.107. The fraction of sp³-hybridized carbons (Fsp3) is 0.133. The Morgan fingerprint density at radius 2 is 2.14 bits per heavy atom. The molecule has 0 aliphatic carbocycles. The number of amides is 1. The van der Waals surface area contributed by atoms with E-state index in [9.17, 15) is 4.79 Å². The van der Waals surface area contributed by atoms with Crippen molar-refractivity contribution < 1.29 is 9.53 Å². The number of thioether (sulfide) groups is 1. The number of halogens is 1. The lowest BCUT2D eigenvalue weighted by molar-refractivity contribution is -0.113. The fourth-order valence-corrected chi connectivity index (χ4v) is 2.52. The first-order valence-electron chi connectivity index (χ1n) is 6.20. The average molecular weight is 323 g/mol. The highest BCUT2D eigenvalue weighted by Gasteiger charge is 2.06. The van der Waals surface area contributed by atoms with E-state index in [4.69, 9.17) is 22.1 Å². The predicted octanol–water partition coefficient (Wildman–Crippen LogP) is 3.66. The van der Waals surface area contributed by atoms with Gasteiger partial charge in [0.25, 0.3) is 0 Å². The molecule has 0 saturated heterocycles. The highest BCUT2D eigenvalue weighted by molar-refractivity contribution is 8.00. The Labute approximate surface area is 132 Å². The number of hydrogen-bond acceptors (Lipinski definition) is 4. The molecule has 0 aliphatic heterocycles. The summed E-state index contributed by atoms with van der Waals surface area (Å²) in [4.78, 5) is 12.9. The number of nitrogen functional groups attached to an aromatic ring is 1. The van der Waals surface area contributed by atoms with Crippen LogP contribution in [-0.2, 0) is 4.79 Å². The molecule has 2 aromatic carbocycles. The number of ether oxygens (including phenoxy) is 1. The van der Waals surface area contributed by atoms with Crippen molar-refractivity contribution in [3.63, 3.8) is 0 Å². The zero-order chi connectivity index (χ0) is 15.2. The van der Waals surface area contributed by atoms with Gasteiger partial charge in [0.1, 0.15) is 5.75 Å². The molecular formula is C15H15ClN2O2S. The largest absolute Gasteiger partial charge is 0.497 e. The molecule has 6 heteroatoms. The summed E-state index contributed by atoms with van der Waals surface area (Å²) >= 11 is 7.27. The van der Waals surface area contributed by atoms with Crippen LogP contribution in [0, 0.1) is 0 Å². The van der Waals surface area contributed by atoms with Crippen LogP contribution in [0.3, 0.4) is 0 Å². The normalized spacial score (nSPS) is 10.2. The van der Waals surface area contributed by atoms with Gasteiger partial charge in [0, 0.05) is 10.6 Å². The third-order valence-electron chi connectivity index (χ3n) is 2.69. The van der Waals surface area contributed by atoms with E-state index >= 15 is 0 Å². The number of carbonyl (C=O) groups is 1. The number of hydrogen-bond donors (Lipinski definition) is 2. The zero-order valence-electron chi connectivity index (χ0n) is 11.4. The first kappa shape index (κ1) is 15.5. The van der Waals surface area contributed by atoms with Gasteiger partial charge in [0.2, 0.25) is 5.91 Å². The number of anilines is 2. The number of benzene rings is 2. The van der Waals surface area contributed by atoms with Gasteiger partial charge in [0.05, 0.1) is 23.6 Å². The second kappa shape index (κ2) is 7.24. The van der Waals surface area contributed by atoms with Gasteiger partial charge < -0.3 is 15.8 Å². The van der Waals surface area contributed by atoms with E-state index in [1.54, 1.807) is 25.3 Å². The Hall–Kier alpha value is -1.85. The minimum Gasteiger partial charge on any atom is -0.497 e. The highest BCUT2D eigenvalue weighted by atomic mass is 35.5. The van der Waals surface area contributed by atoms with E-state index in [-0.39, 0.29) is 5.91 Å². The van der Waals surface area contributed by atoms with Gasteiger partial charge >= 0.3 is 0 Å². The lowest BCUT2D eigenvalue weighted by Gasteiger charge is -2.07. The molecule has 4 nitrogen and oxygen atoms in total. The summed E-state index contributed by atoms with van der Waals surface area (Å²) < 4.78 is 5.14. The lowest BCUT2D eigenvalue weighted by atomic mass is 10.3. The highest BCUT2D eigenvalue weighted by Crippen LogP contribution is 2.24. The Balaban J connectivity index is 1.91. The van der Waals surface area contributed by atoms with E-state index in [0.717, 1.165) is 10.6 Å². The minimum atomic E-state index is -0.107. The molecule has 0 fully saturated rings. The molecule has 0 bridgehead atoms. The van der Waals surface area contributed by atoms with Crippen molar-refractivity contribution in [2.45, 2.75) is 4.90 Å². The summed E-state index contributed by atoms with van der Waals surface area (Å²) in [6, 6.07) is 12.6. The van der Waals surface area contributed by atoms with Crippen molar-refractivity contribution in [1.82, 2.24) is 0 Å². The molecule has 2 rings (SSSR count). The number of rotatable bonds is 5. The quantitative estimate of drug-likeness (QED) is 0.651. The molecule has 0 aromatic heterocycles. The Morgan fingerprint density at radius 1 is 1.33 bits per heavy atom. The molecule has 1 amide bonds. The number of nitrogens with two attached hydrogens (primary N) is 1. The van der Waals surface area contributed by atoms with Gasteiger partial charge in [-0.1, -0.05) is 17.7 Å². The van der Waals surface area contributed by atoms with Gasteiger partial charge in [-0.25, -0.2) is 0 Å². The Bertz CT molecular complexity index is 649. The van der Waals surface area contributed by atoms with E-state index in [1.807, 2.05) is 24.3 Å². The van der Waals surface area contributed by atoms with Crippen LogP contribution in [0.5, 0.6) is 5.75 Å². The zero-order valence-corrected chi connectivity index (χ0v) is 13.0. The molecule has 0 heterocycles. The van der Waals surface area contributed by atoms with Gasteiger partial charge in [-0.05, 0) is 36.4 Å². The maximum absolute atomic E-state index is 11.9. The van der Waals surface area contributed by atoms with Crippen LogP contribution in [0.1, 0.15) is 0 Å². The molecule has 21 heavy (non-hydrogen) atoms. The van der Waals surface area contributed by atoms with E-state index in [2.05, 4.69) is 5.32 Å². The molecule has 3 N–H and O–H groups in total. The van der Waals surface area contributed by atoms with Crippen LogP contribution in [0.15, 0.2) is 47.4 Å². The van der Waals surface area contributed by atoms with Crippen molar-refractivity contribution in [2.24, 2.45) is 0 Å². The maximum atomic E-state index is 11.9. The predicted molar refractivity (Wildman–Crippen MR) is 88.2 cm³/mol. The number of carbonyl (C=O) groups excluding carboxylic acids is 1. The first-order valence-corrected chi connectivity index (χ1v) is 7.56. The fourth-order valence-electron chi connectivity index (χ4n) is 1.66. The van der Waals surface area contributed by atoms with Crippen LogP contribution in [0.2, 0.25) is 5.02 Å². The Morgan fingerprint density at radius 3 is 2.86 bits per heavy atom. The van der Waals surface area contributed by atoms with Crippen molar-refractivity contribution in [2.75, 3.05) is 23.9 Å². The molecule has 0 saturated carbocycles. The molecule has 0 unspecified atom stereocenters. The van der Waals surface area contributed by atoms with Gasteiger partial charge in [-0.3, -0.25) is 4.79 Å². The maximum Gasteiger partial charge on any atom is 0.234 e. The van der Waals surface area contributed by atoms with E-state index in [0.29, 0.717) is 22.2 Å². The van der Waals surface area contributed by atoms with Crippen molar-refractivity contribution >= 4 is 40.6 Å². The molecular weight excluding hydrogens is 308 g/mol. The van der Waals surface area contributed by atoms with E-state index < -0.39 is 0 Å². The Kier molecular flexibility index (Phi) is 5.36. The van der Waals surface area contributed by atoms with Gasteiger partial charge in [0.15, 0.2) is 0 Å². The van der Waals surface area contributed by atoms with Crippen LogP contribution in [-0.4, -0.2) is 18.8 Å². The summed E-state index contributed by atoms with van der Waals surface area (Å²) in [5.41, 5.74) is 6.76. The van der Waals surface area contributed by atoms with Crippen LogP contribution >= 0.6 is 23.4 Å². The SMILES string of the molecule is COc1cccc(SCC(=O)Nc2ccc(Cl)c(N)c2)c1. The van der Waals surface area contributed by atoms with Crippen LogP contribution in [0.25, 0.3) is 0 Å². The third kappa shape index (κ3) is 4.58. The molecule has 110 valence electrons. The summed E-state index contributed by atoms with van der Waals surface area (Å²) in [5.74, 6) is 0.964. The molecule has 0 spiro atoms.